The molecule has 1 aromatic heterocycles. The molecule has 1 heterocycles. The van der Waals surface area contributed by atoms with Crippen LogP contribution < -0.4 is 9.64 Å². The zero-order valence-corrected chi connectivity index (χ0v) is 18.4. The molecule has 0 aliphatic carbocycles. The fourth-order valence-corrected chi connectivity index (χ4v) is 3.95. The van der Waals surface area contributed by atoms with Crippen molar-refractivity contribution in [2.75, 3.05) is 38.2 Å². The number of aromatic nitrogens is 1. The van der Waals surface area contributed by atoms with Gasteiger partial charge in [0.1, 0.15) is 11.6 Å². The Morgan fingerprint density at radius 3 is 2.55 bits per heavy atom. The SMILES string of the molecule is CCN(CC)CCN(C(=O)c1cccc(F)c1)c1nc2cc(OC)ccc2s1.Cl. The minimum absolute atomic E-state index is 0. The molecular weight excluding hydrogens is 413 g/mol. The number of likely N-dealkylation sites (N-methyl/N-ethyl adjacent to an activating group) is 1. The maximum atomic E-state index is 13.7. The van der Waals surface area contributed by atoms with Crippen molar-refractivity contribution in [1.82, 2.24) is 9.88 Å². The number of methoxy groups -OCH3 is 1. The van der Waals surface area contributed by atoms with Crippen LogP contribution in [0.5, 0.6) is 5.75 Å². The van der Waals surface area contributed by atoms with E-state index in [0.717, 1.165) is 29.1 Å². The lowest BCUT2D eigenvalue weighted by atomic mass is 10.2. The van der Waals surface area contributed by atoms with Crippen LogP contribution in [0, 0.1) is 5.82 Å². The van der Waals surface area contributed by atoms with Crippen molar-refractivity contribution in [2.24, 2.45) is 0 Å². The molecule has 0 radical (unpaired) electrons. The molecule has 0 unspecified atom stereocenters. The predicted octanol–water partition coefficient (Wildman–Crippen LogP) is 4.85. The van der Waals surface area contributed by atoms with Gasteiger partial charge in [-0.1, -0.05) is 31.3 Å². The number of benzene rings is 2. The van der Waals surface area contributed by atoms with Gasteiger partial charge >= 0.3 is 0 Å². The molecule has 0 spiro atoms. The van der Waals surface area contributed by atoms with E-state index in [-0.39, 0.29) is 18.3 Å². The van der Waals surface area contributed by atoms with Crippen LogP contribution in [0.25, 0.3) is 10.2 Å². The number of amides is 1. The molecular formula is C21H25ClFN3O2S. The Bertz CT molecular complexity index is 962. The summed E-state index contributed by atoms with van der Waals surface area (Å²) in [7, 11) is 1.61. The fraction of sp³-hybridized carbons (Fsp3) is 0.333. The van der Waals surface area contributed by atoms with Gasteiger partial charge in [0.15, 0.2) is 5.13 Å². The molecule has 3 aromatic rings. The Kier molecular flexibility index (Phi) is 8.37. The predicted molar refractivity (Wildman–Crippen MR) is 119 cm³/mol. The lowest BCUT2D eigenvalue weighted by Gasteiger charge is -2.24. The number of carbonyl (C=O) groups excluding carboxylic acids is 1. The van der Waals surface area contributed by atoms with Gasteiger partial charge in [-0.3, -0.25) is 9.69 Å². The molecule has 2 aromatic carbocycles. The highest BCUT2D eigenvalue weighted by Crippen LogP contribution is 2.32. The zero-order valence-electron chi connectivity index (χ0n) is 16.7. The van der Waals surface area contributed by atoms with Gasteiger partial charge in [-0.15, -0.1) is 12.4 Å². The second-order valence-corrected chi connectivity index (χ2v) is 7.33. The average molecular weight is 438 g/mol. The van der Waals surface area contributed by atoms with Crippen molar-refractivity contribution < 1.29 is 13.9 Å². The second kappa shape index (κ2) is 10.5. The molecule has 0 fully saturated rings. The highest BCUT2D eigenvalue weighted by atomic mass is 35.5. The van der Waals surface area contributed by atoms with Crippen LogP contribution >= 0.6 is 23.7 Å². The Hall–Kier alpha value is -2.22. The third-order valence-electron chi connectivity index (χ3n) is 4.67. The number of halogens is 2. The van der Waals surface area contributed by atoms with Crippen LogP contribution in [0.15, 0.2) is 42.5 Å². The van der Waals surface area contributed by atoms with Gasteiger partial charge in [0, 0.05) is 24.7 Å². The number of hydrogen-bond donors (Lipinski definition) is 0. The number of fused-ring (bicyclic) bond motifs is 1. The summed E-state index contributed by atoms with van der Waals surface area (Å²) in [6.45, 7) is 7.17. The van der Waals surface area contributed by atoms with E-state index in [2.05, 4.69) is 23.7 Å². The van der Waals surface area contributed by atoms with E-state index in [0.29, 0.717) is 23.8 Å². The van der Waals surface area contributed by atoms with Crippen LogP contribution in [0.4, 0.5) is 9.52 Å². The van der Waals surface area contributed by atoms with E-state index in [1.165, 1.54) is 23.5 Å². The third-order valence-corrected chi connectivity index (χ3v) is 5.72. The van der Waals surface area contributed by atoms with Gasteiger partial charge in [-0.25, -0.2) is 9.37 Å². The maximum absolute atomic E-state index is 13.7. The Morgan fingerprint density at radius 2 is 1.90 bits per heavy atom. The van der Waals surface area contributed by atoms with Crippen molar-refractivity contribution in [1.29, 1.82) is 0 Å². The minimum Gasteiger partial charge on any atom is -0.497 e. The Balaban J connectivity index is 0.00000300. The van der Waals surface area contributed by atoms with E-state index < -0.39 is 5.82 Å². The van der Waals surface area contributed by atoms with Crippen molar-refractivity contribution in [3.8, 4) is 5.75 Å². The first-order chi connectivity index (χ1) is 13.5. The van der Waals surface area contributed by atoms with Gasteiger partial charge in [-0.05, 0) is 43.4 Å². The summed E-state index contributed by atoms with van der Waals surface area (Å²) in [6, 6.07) is 11.4. The summed E-state index contributed by atoms with van der Waals surface area (Å²) >= 11 is 1.44. The molecule has 5 nitrogen and oxygen atoms in total. The highest BCUT2D eigenvalue weighted by molar-refractivity contribution is 7.22. The summed E-state index contributed by atoms with van der Waals surface area (Å²) in [5.41, 5.74) is 1.09. The summed E-state index contributed by atoms with van der Waals surface area (Å²) in [6.07, 6.45) is 0. The topological polar surface area (TPSA) is 45.7 Å². The molecule has 0 saturated carbocycles. The smallest absolute Gasteiger partial charge is 0.260 e. The quantitative estimate of drug-likeness (QED) is 0.505. The fourth-order valence-electron chi connectivity index (χ4n) is 2.98. The molecule has 29 heavy (non-hydrogen) atoms. The van der Waals surface area contributed by atoms with Crippen LogP contribution in [0.1, 0.15) is 24.2 Å². The van der Waals surface area contributed by atoms with Crippen LogP contribution in [-0.2, 0) is 0 Å². The number of anilines is 1. The van der Waals surface area contributed by atoms with Gasteiger partial charge in [0.25, 0.3) is 5.91 Å². The summed E-state index contributed by atoms with van der Waals surface area (Å²) in [4.78, 5) is 21.7. The molecule has 0 aliphatic rings. The molecule has 3 rings (SSSR count). The zero-order chi connectivity index (χ0) is 20.1. The molecule has 8 heteroatoms. The molecule has 156 valence electrons. The number of ether oxygens (including phenoxy) is 1. The largest absolute Gasteiger partial charge is 0.497 e. The number of rotatable bonds is 8. The van der Waals surface area contributed by atoms with E-state index in [9.17, 15) is 9.18 Å². The summed E-state index contributed by atoms with van der Waals surface area (Å²) < 4.78 is 19.9. The van der Waals surface area contributed by atoms with Crippen molar-refractivity contribution in [3.63, 3.8) is 0 Å². The summed E-state index contributed by atoms with van der Waals surface area (Å²) in [5.74, 6) is 0.0387. The van der Waals surface area contributed by atoms with E-state index in [1.807, 2.05) is 18.2 Å². The normalized spacial score (nSPS) is 10.8. The Morgan fingerprint density at radius 1 is 1.14 bits per heavy atom. The molecule has 0 N–H and O–H groups in total. The van der Waals surface area contributed by atoms with Crippen LogP contribution in [0.3, 0.4) is 0 Å². The maximum Gasteiger partial charge on any atom is 0.260 e. The lowest BCUT2D eigenvalue weighted by molar-refractivity contribution is 0.0983. The average Bonchev–Trinajstić information content (AvgIpc) is 3.13. The molecule has 0 atom stereocenters. The van der Waals surface area contributed by atoms with Crippen molar-refractivity contribution >= 4 is 45.0 Å². The first-order valence-electron chi connectivity index (χ1n) is 9.30. The molecule has 0 aliphatic heterocycles. The lowest BCUT2D eigenvalue weighted by Crippen LogP contribution is -2.38. The van der Waals surface area contributed by atoms with E-state index >= 15 is 0 Å². The van der Waals surface area contributed by atoms with E-state index in [1.54, 1.807) is 24.1 Å². The Labute approximate surface area is 180 Å². The van der Waals surface area contributed by atoms with Gasteiger partial charge < -0.3 is 9.64 Å². The third kappa shape index (κ3) is 5.44. The van der Waals surface area contributed by atoms with Gasteiger partial charge in [0.2, 0.25) is 0 Å². The minimum atomic E-state index is -0.427. The highest BCUT2D eigenvalue weighted by Gasteiger charge is 2.22. The van der Waals surface area contributed by atoms with E-state index in [4.69, 9.17) is 4.74 Å². The number of hydrogen-bond acceptors (Lipinski definition) is 5. The van der Waals surface area contributed by atoms with Crippen LogP contribution in [-0.4, -0.2) is 49.1 Å². The standard InChI is InChI=1S/C21H24FN3O2S.ClH/c1-4-24(5-2)11-12-25(20(26)15-7-6-8-16(22)13-15)21-23-18-14-17(27-3)9-10-19(18)28-21;/h6-10,13-14H,4-5,11-12H2,1-3H3;1H. The number of nitrogens with zero attached hydrogens (tertiary/aromatic N) is 3. The molecule has 0 saturated heterocycles. The van der Waals surface area contributed by atoms with Gasteiger partial charge in [0.05, 0.1) is 17.3 Å². The van der Waals surface area contributed by atoms with Crippen LogP contribution in [0.2, 0.25) is 0 Å². The van der Waals surface area contributed by atoms with Crippen molar-refractivity contribution in [2.45, 2.75) is 13.8 Å². The molecule has 0 bridgehead atoms. The van der Waals surface area contributed by atoms with Gasteiger partial charge in [-0.2, -0.15) is 0 Å². The first-order valence-corrected chi connectivity index (χ1v) is 10.1. The molecule has 1 amide bonds. The first kappa shape index (κ1) is 23.1. The monoisotopic (exact) mass is 437 g/mol. The number of thiazole rings is 1. The van der Waals surface area contributed by atoms with Crippen molar-refractivity contribution in [3.05, 3.63) is 53.8 Å². The number of carbonyl (C=O) groups is 1. The summed E-state index contributed by atoms with van der Waals surface area (Å²) in [5, 5.41) is 0.602. The second-order valence-electron chi connectivity index (χ2n) is 6.32.